The molecule has 0 fully saturated rings. The zero-order chi connectivity index (χ0) is 25.7. The highest BCUT2D eigenvalue weighted by atomic mass is 32.2. The molecule has 2 unspecified atom stereocenters. The first-order valence-electron chi connectivity index (χ1n) is 11.0. The van der Waals surface area contributed by atoms with Gasteiger partial charge in [-0.1, -0.05) is 29.8 Å². The lowest BCUT2D eigenvalue weighted by Crippen LogP contribution is -2.39. The largest absolute Gasteiger partial charge is 0.463 e. The molecule has 0 amide bonds. The lowest BCUT2D eigenvalue weighted by atomic mass is 9.89. The molecular weight excluding hydrogens is 458 g/mol. The molecule has 2 aromatic rings. The highest BCUT2D eigenvalue weighted by Crippen LogP contribution is 2.28. The SMILES string of the molecule is Cc1ccc(S(=O)(=O)Oc2ccc(C(C(=O)OC(C)(C)C)C(N)CC(=O)OC(C)C)cc2)cc1. The quantitative estimate of drug-likeness (QED) is 0.414. The van der Waals surface area contributed by atoms with Crippen LogP contribution in [0.15, 0.2) is 53.4 Å². The van der Waals surface area contributed by atoms with E-state index in [4.69, 9.17) is 19.4 Å². The zero-order valence-corrected chi connectivity index (χ0v) is 21.2. The maximum absolute atomic E-state index is 12.9. The number of hydrogen-bond donors (Lipinski definition) is 1. The Bertz CT molecular complexity index is 1090. The minimum Gasteiger partial charge on any atom is -0.463 e. The van der Waals surface area contributed by atoms with Crippen molar-refractivity contribution in [3.63, 3.8) is 0 Å². The standard InChI is InChI=1S/C25H33NO7S/c1-16(2)31-22(27)15-21(26)23(24(28)32-25(4,5)6)18-9-11-19(12-10-18)33-34(29,30)20-13-7-17(3)8-14-20/h7-14,16,21,23H,15,26H2,1-6H3. The molecule has 0 aliphatic carbocycles. The van der Waals surface area contributed by atoms with Gasteiger partial charge in [-0.2, -0.15) is 8.42 Å². The maximum atomic E-state index is 12.9. The zero-order valence-electron chi connectivity index (χ0n) is 20.4. The van der Waals surface area contributed by atoms with Crippen LogP contribution in [0.3, 0.4) is 0 Å². The van der Waals surface area contributed by atoms with Gasteiger partial charge in [0.1, 0.15) is 16.2 Å². The van der Waals surface area contributed by atoms with Crippen LogP contribution >= 0.6 is 0 Å². The first kappa shape index (κ1) is 27.3. The van der Waals surface area contributed by atoms with E-state index in [2.05, 4.69) is 0 Å². The summed E-state index contributed by atoms with van der Waals surface area (Å²) in [6.07, 6.45) is -0.506. The number of rotatable bonds is 9. The molecule has 2 N–H and O–H groups in total. The Morgan fingerprint density at radius 3 is 2.03 bits per heavy atom. The van der Waals surface area contributed by atoms with Crippen LogP contribution in [0.5, 0.6) is 5.75 Å². The van der Waals surface area contributed by atoms with Gasteiger partial charge in [-0.25, -0.2) is 0 Å². The molecule has 0 aliphatic rings. The van der Waals surface area contributed by atoms with Crippen molar-refractivity contribution in [2.75, 3.05) is 0 Å². The summed E-state index contributed by atoms with van der Waals surface area (Å²) in [5, 5.41) is 0. The van der Waals surface area contributed by atoms with Crippen LogP contribution in [0.1, 0.15) is 58.1 Å². The minimum absolute atomic E-state index is 0.0273. The lowest BCUT2D eigenvalue weighted by Gasteiger charge is -2.27. The third-order valence-corrected chi connectivity index (χ3v) is 5.87. The summed E-state index contributed by atoms with van der Waals surface area (Å²) in [6, 6.07) is 11.3. The van der Waals surface area contributed by atoms with Crippen LogP contribution in [-0.2, 0) is 29.2 Å². The molecular formula is C25H33NO7S. The van der Waals surface area contributed by atoms with Gasteiger partial charge in [-0.3, -0.25) is 9.59 Å². The Morgan fingerprint density at radius 1 is 0.971 bits per heavy atom. The van der Waals surface area contributed by atoms with E-state index in [1.54, 1.807) is 46.8 Å². The molecule has 186 valence electrons. The molecule has 0 spiro atoms. The lowest BCUT2D eigenvalue weighted by molar-refractivity contribution is -0.157. The van der Waals surface area contributed by atoms with E-state index < -0.39 is 39.6 Å². The Balaban J connectivity index is 2.27. The van der Waals surface area contributed by atoms with Gasteiger partial charge in [0.2, 0.25) is 0 Å². The predicted molar refractivity (Wildman–Crippen MR) is 128 cm³/mol. The number of hydrogen-bond acceptors (Lipinski definition) is 8. The highest BCUT2D eigenvalue weighted by molar-refractivity contribution is 7.87. The van der Waals surface area contributed by atoms with Crippen molar-refractivity contribution in [2.24, 2.45) is 5.73 Å². The monoisotopic (exact) mass is 491 g/mol. The Morgan fingerprint density at radius 2 is 1.53 bits per heavy atom. The van der Waals surface area contributed by atoms with Crippen molar-refractivity contribution in [3.05, 3.63) is 59.7 Å². The average Bonchev–Trinajstić information content (AvgIpc) is 2.67. The highest BCUT2D eigenvalue weighted by Gasteiger charge is 2.33. The summed E-state index contributed by atoms with van der Waals surface area (Å²) >= 11 is 0. The Hall–Kier alpha value is -2.91. The molecule has 34 heavy (non-hydrogen) atoms. The van der Waals surface area contributed by atoms with E-state index in [0.717, 1.165) is 5.56 Å². The Kier molecular flexibility index (Phi) is 8.85. The maximum Gasteiger partial charge on any atom is 0.339 e. The van der Waals surface area contributed by atoms with Gasteiger partial charge in [-0.15, -0.1) is 0 Å². The van der Waals surface area contributed by atoms with Crippen LogP contribution in [0.4, 0.5) is 0 Å². The van der Waals surface area contributed by atoms with Gasteiger partial charge >= 0.3 is 22.1 Å². The average molecular weight is 492 g/mol. The van der Waals surface area contributed by atoms with Crippen molar-refractivity contribution < 1.29 is 31.7 Å². The van der Waals surface area contributed by atoms with E-state index in [1.807, 2.05) is 6.92 Å². The summed E-state index contributed by atoms with van der Waals surface area (Å²) in [7, 11) is -4.02. The summed E-state index contributed by atoms with van der Waals surface area (Å²) in [4.78, 5) is 25.1. The fourth-order valence-corrected chi connectivity index (χ4v) is 4.09. The van der Waals surface area contributed by atoms with Crippen LogP contribution in [-0.4, -0.2) is 38.1 Å². The third kappa shape index (κ3) is 8.14. The fraction of sp³-hybridized carbons (Fsp3) is 0.440. The van der Waals surface area contributed by atoms with E-state index in [0.29, 0.717) is 5.56 Å². The number of carbonyl (C=O) groups excluding carboxylic acids is 2. The molecule has 0 saturated carbocycles. The summed E-state index contributed by atoms with van der Waals surface area (Å²) in [6.45, 7) is 10.5. The van der Waals surface area contributed by atoms with Crippen molar-refractivity contribution >= 4 is 22.1 Å². The van der Waals surface area contributed by atoms with Crippen molar-refractivity contribution in [3.8, 4) is 5.75 Å². The molecule has 0 aliphatic heterocycles. The number of ether oxygens (including phenoxy) is 2. The molecule has 2 rings (SSSR count). The molecule has 2 aromatic carbocycles. The van der Waals surface area contributed by atoms with Crippen LogP contribution in [0.25, 0.3) is 0 Å². The number of nitrogens with two attached hydrogens (primary N) is 1. The number of carbonyl (C=O) groups is 2. The summed E-state index contributed by atoms with van der Waals surface area (Å²) < 4.78 is 41.0. The van der Waals surface area contributed by atoms with Crippen LogP contribution < -0.4 is 9.92 Å². The molecule has 0 saturated heterocycles. The van der Waals surface area contributed by atoms with Gasteiger partial charge in [-0.05, 0) is 71.4 Å². The van der Waals surface area contributed by atoms with E-state index in [9.17, 15) is 18.0 Å². The van der Waals surface area contributed by atoms with Crippen LogP contribution in [0, 0.1) is 6.92 Å². The third-order valence-electron chi connectivity index (χ3n) is 4.61. The normalized spacial score (nSPS) is 13.8. The summed E-state index contributed by atoms with van der Waals surface area (Å²) in [5.74, 6) is -2.03. The van der Waals surface area contributed by atoms with Crippen molar-refractivity contribution in [1.82, 2.24) is 0 Å². The first-order chi connectivity index (χ1) is 15.7. The van der Waals surface area contributed by atoms with E-state index >= 15 is 0 Å². The van der Waals surface area contributed by atoms with E-state index in [1.165, 1.54) is 36.4 Å². The van der Waals surface area contributed by atoms with Gasteiger partial charge < -0.3 is 19.4 Å². The van der Waals surface area contributed by atoms with Gasteiger partial charge in [0.25, 0.3) is 0 Å². The second-order valence-corrected chi connectivity index (χ2v) is 10.9. The predicted octanol–water partition coefficient (Wildman–Crippen LogP) is 3.86. The fourth-order valence-electron chi connectivity index (χ4n) is 3.16. The molecule has 8 nitrogen and oxygen atoms in total. The Labute approximate surface area is 201 Å². The van der Waals surface area contributed by atoms with Gasteiger partial charge in [0.15, 0.2) is 0 Å². The number of benzene rings is 2. The molecule has 0 bridgehead atoms. The smallest absolute Gasteiger partial charge is 0.339 e. The van der Waals surface area contributed by atoms with Crippen molar-refractivity contribution in [2.45, 2.75) is 76.5 Å². The second-order valence-electron chi connectivity index (χ2n) is 9.34. The first-order valence-corrected chi connectivity index (χ1v) is 12.4. The summed E-state index contributed by atoms with van der Waals surface area (Å²) in [5.41, 5.74) is 6.86. The van der Waals surface area contributed by atoms with Crippen LogP contribution in [0.2, 0.25) is 0 Å². The number of esters is 2. The molecule has 0 heterocycles. The number of aryl methyl sites for hydroxylation is 1. The molecule has 9 heteroatoms. The molecule has 0 radical (unpaired) electrons. The molecule has 0 aromatic heterocycles. The minimum atomic E-state index is -4.02. The van der Waals surface area contributed by atoms with Crippen molar-refractivity contribution in [1.29, 1.82) is 0 Å². The molecule has 2 atom stereocenters. The second kappa shape index (κ2) is 11.0. The van der Waals surface area contributed by atoms with Gasteiger partial charge in [0.05, 0.1) is 18.4 Å². The topological polar surface area (TPSA) is 122 Å². The van der Waals surface area contributed by atoms with E-state index in [-0.39, 0.29) is 23.2 Å². The van der Waals surface area contributed by atoms with Gasteiger partial charge in [0, 0.05) is 6.04 Å².